The molecule has 1 heterocycles. The molecule has 34 heavy (non-hydrogen) atoms. The van der Waals surface area contributed by atoms with Crippen molar-refractivity contribution >= 4 is 23.2 Å². The number of hydrogen-bond donors (Lipinski definition) is 0. The van der Waals surface area contributed by atoms with Gasteiger partial charge in [-0.3, -0.25) is 9.59 Å². The third kappa shape index (κ3) is 5.97. The Balaban J connectivity index is 1.48. The van der Waals surface area contributed by atoms with E-state index in [4.69, 9.17) is 9.47 Å². The zero-order chi connectivity index (χ0) is 23.9. The number of benzene rings is 2. The molecule has 0 atom stereocenters. The van der Waals surface area contributed by atoms with Gasteiger partial charge in [0, 0.05) is 23.0 Å². The Morgan fingerprint density at radius 1 is 0.971 bits per heavy atom. The number of carbonyl (C=O) groups is 2. The van der Waals surface area contributed by atoms with Crippen LogP contribution in [0.2, 0.25) is 0 Å². The first kappa shape index (κ1) is 23.8. The van der Waals surface area contributed by atoms with Gasteiger partial charge in [-0.05, 0) is 60.5 Å². The second-order valence-electron chi connectivity index (χ2n) is 8.36. The van der Waals surface area contributed by atoms with Crippen molar-refractivity contribution in [3.63, 3.8) is 0 Å². The summed E-state index contributed by atoms with van der Waals surface area (Å²) in [6.07, 6.45) is 2.57. The van der Waals surface area contributed by atoms with Gasteiger partial charge in [0.25, 0.3) is 5.91 Å². The van der Waals surface area contributed by atoms with Crippen molar-refractivity contribution in [2.75, 3.05) is 27.3 Å². The normalized spacial score (nSPS) is 12.8. The highest BCUT2D eigenvalue weighted by atomic mass is 32.1. The van der Waals surface area contributed by atoms with Crippen LogP contribution in [0.15, 0.2) is 66.0 Å². The number of methoxy groups -OCH3 is 2. The molecule has 0 aliphatic heterocycles. The fourth-order valence-corrected chi connectivity index (χ4v) is 4.65. The van der Waals surface area contributed by atoms with Gasteiger partial charge in [0.2, 0.25) is 5.91 Å². The number of amides is 2. The van der Waals surface area contributed by atoms with Crippen LogP contribution in [0.4, 0.5) is 0 Å². The zero-order valence-corrected chi connectivity index (χ0v) is 20.4. The average Bonchev–Trinajstić information content (AvgIpc) is 3.59. The largest absolute Gasteiger partial charge is 0.493 e. The molecule has 4 rings (SSSR count). The minimum atomic E-state index is -0.0765. The van der Waals surface area contributed by atoms with E-state index in [-0.39, 0.29) is 24.4 Å². The Hall–Kier alpha value is -3.32. The van der Waals surface area contributed by atoms with Gasteiger partial charge in [0.05, 0.1) is 20.8 Å². The molecule has 0 bridgehead atoms. The van der Waals surface area contributed by atoms with Gasteiger partial charge < -0.3 is 19.3 Å². The molecule has 2 amide bonds. The van der Waals surface area contributed by atoms with Crippen LogP contribution in [0, 0.1) is 0 Å². The Morgan fingerprint density at radius 3 is 2.38 bits per heavy atom. The third-order valence-corrected chi connectivity index (χ3v) is 6.83. The van der Waals surface area contributed by atoms with Gasteiger partial charge in [-0.2, -0.15) is 0 Å². The molecule has 1 aromatic heterocycles. The third-order valence-electron chi connectivity index (χ3n) is 5.97. The summed E-state index contributed by atoms with van der Waals surface area (Å²) in [6, 6.07) is 19.2. The Kier molecular flexibility index (Phi) is 7.85. The predicted molar refractivity (Wildman–Crippen MR) is 133 cm³/mol. The van der Waals surface area contributed by atoms with E-state index in [1.54, 1.807) is 30.5 Å². The van der Waals surface area contributed by atoms with Crippen LogP contribution in [0.1, 0.15) is 33.6 Å². The van der Waals surface area contributed by atoms with Crippen molar-refractivity contribution in [2.45, 2.75) is 31.8 Å². The van der Waals surface area contributed by atoms with E-state index in [0.717, 1.165) is 23.3 Å². The zero-order valence-electron chi connectivity index (χ0n) is 19.6. The number of hydrogen-bond acceptors (Lipinski definition) is 5. The molecule has 0 unspecified atom stereocenters. The van der Waals surface area contributed by atoms with Crippen molar-refractivity contribution in [3.8, 4) is 11.5 Å². The topological polar surface area (TPSA) is 59.1 Å². The molecule has 0 saturated heterocycles. The molecule has 1 aliphatic carbocycles. The molecular formula is C27H30N2O4S. The lowest BCUT2D eigenvalue weighted by Crippen LogP contribution is -2.44. The van der Waals surface area contributed by atoms with Gasteiger partial charge in [-0.15, -0.1) is 11.3 Å². The van der Waals surface area contributed by atoms with Crippen LogP contribution in [-0.2, 0) is 17.8 Å². The summed E-state index contributed by atoms with van der Waals surface area (Å²) in [6.45, 7) is 1.17. The summed E-state index contributed by atoms with van der Waals surface area (Å²) >= 11 is 1.63. The van der Waals surface area contributed by atoms with E-state index in [0.29, 0.717) is 36.6 Å². The lowest BCUT2D eigenvalue weighted by molar-refractivity contribution is -0.132. The van der Waals surface area contributed by atoms with E-state index in [2.05, 4.69) is 0 Å². The second kappa shape index (κ2) is 11.2. The number of thiophene rings is 1. The predicted octanol–water partition coefficient (Wildman–Crippen LogP) is 4.64. The van der Waals surface area contributed by atoms with Crippen LogP contribution in [-0.4, -0.2) is 55.0 Å². The Labute approximate surface area is 204 Å². The van der Waals surface area contributed by atoms with Gasteiger partial charge in [-0.25, -0.2) is 0 Å². The SMILES string of the molecule is COc1ccc(CCN(Cc2cccs2)C(=O)CN(C(=O)c2ccccc2)C2CC2)cc1OC. The number of carbonyl (C=O) groups excluding carboxylic acids is 2. The number of rotatable bonds is 11. The quantitative estimate of drug-likeness (QED) is 0.403. The minimum Gasteiger partial charge on any atom is -0.493 e. The van der Waals surface area contributed by atoms with E-state index in [1.165, 1.54) is 0 Å². The smallest absolute Gasteiger partial charge is 0.254 e. The van der Waals surface area contributed by atoms with Crippen molar-refractivity contribution in [2.24, 2.45) is 0 Å². The maximum Gasteiger partial charge on any atom is 0.254 e. The average molecular weight is 479 g/mol. The maximum atomic E-state index is 13.5. The molecule has 0 radical (unpaired) electrons. The molecule has 1 aliphatic rings. The summed E-state index contributed by atoms with van der Waals surface area (Å²) in [5.41, 5.74) is 1.68. The highest BCUT2D eigenvalue weighted by molar-refractivity contribution is 7.09. The monoisotopic (exact) mass is 478 g/mol. The van der Waals surface area contributed by atoms with Crippen LogP contribution < -0.4 is 9.47 Å². The molecule has 1 fully saturated rings. The first-order valence-electron chi connectivity index (χ1n) is 11.5. The fourth-order valence-electron chi connectivity index (χ4n) is 3.93. The highest BCUT2D eigenvalue weighted by Crippen LogP contribution is 2.29. The first-order valence-corrected chi connectivity index (χ1v) is 12.3. The van der Waals surface area contributed by atoms with Gasteiger partial charge >= 0.3 is 0 Å². The van der Waals surface area contributed by atoms with Crippen molar-refractivity contribution in [1.82, 2.24) is 9.80 Å². The second-order valence-corrected chi connectivity index (χ2v) is 9.40. The molecule has 6 nitrogen and oxygen atoms in total. The van der Waals surface area contributed by atoms with Gasteiger partial charge in [0.15, 0.2) is 11.5 Å². The molecule has 2 aromatic carbocycles. The van der Waals surface area contributed by atoms with Crippen molar-refractivity contribution in [3.05, 3.63) is 82.0 Å². The lowest BCUT2D eigenvalue weighted by Gasteiger charge is -2.28. The van der Waals surface area contributed by atoms with Crippen LogP contribution in [0.3, 0.4) is 0 Å². The van der Waals surface area contributed by atoms with E-state index in [1.807, 2.05) is 70.9 Å². The molecule has 0 spiro atoms. The van der Waals surface area contributed by atoms with E-state index in [9.17, 15) is 9.59 Å². The highest BCUT2D eigenvalue weighted by Gasteiger charge is 2.35. The molecule has 3 aromatic rings. The first-order chi connectivity index (χ1) is 16.6. The summed E-state index contributed by atoms with van der Waals surface area (Å²) < 4.78 is 10.8. The minimum absolute atomic E-state index is 0.0370. The standard InChI is InChI=1S/C27H30N2O4S/c1-32-24-13-10-20(17-25(24)33-2)14-15-28(18-23-9-6-16-34-23)26(30)19-29(22-11-12-22)27(31)21-7-4-3-5-8-21/h3-10,13,16-17,22H,11-12,14-15,18-19H2,1-2H3. The molecule has 0 N–H and O–H groups in total. The van der Waals surface area contributed by atoms with E-state index < -0.39 is 0 Å². The van der Waals surface area contributed by atoms with Crippen LogP contribution >= 0.6 is 11.3 Å². The van der Waals surface area contributed by atoms with Crippen molar-refractivity contribution in [1.29, 1.82) is 0 Å². The van der Waals surface area contributed by atoms with Crippen molar-refractivity contribution < 1.29 is 19.1 Å². The summed E-state index contributed by atoms with van der Waals surface area (Å²) in [7, 11) is 3.23. The maximum absolute atomic E-state index is 13.5. The number of ether oxygens (including phenoxy) is 2. The molecule has 1 saturated carbocycles. The molecule has 7 heteroatoms. The van der Waals surface area contributed by atoms with Crippen LogP contribution in [0.25, 0.3) is 0 Å². The van der Waals surface area contributed by atoms with E-state index >= 15 is 0 Å². The summed E-state index contributed by atoms with van der Waals surface area (Å²) in [5.74, 6) is 1.24. The molecular weight excluding hydrogens is 448 g/mol. The Bertz CT molecular complexity index is 1100. The summed E-state index contributed by atoms with van der Waals surface area (Å²) in [5, 5.41) is 2.02. The number of nitrogens with zero attached hydrogens (tertiary/aromatic N) is 2. The lowest BCUT2D eigenvalue weighted by atomic mass is 10.1. The van der Waals surface area contributed by atoms with Gasteiger partial charge in [0.1, 0.15) is 6.54 Å². The van der Waals surface area contributed by atoms with Crippen LogP contribution in [0.5, 0.6) is 11.5 Å². The summed E-state index contributed by atoms with van der Waals surface area (Å²) in [4.78, 5) is 31.3. The molecule has 178 valence electrons. The Morgan fingerprint density at radius 2 is 1.74 bits per heavy atom. The van der Waals surface area contributed by atoms with Gasteiger partial charge in [-0.1, -0.05) is 30.3 Å². The fraction of sp³-hybridized carbons (Fsp3) is 0.333.